The lowest BCUT2D eigenvalue weighted by Gasteiger charge is -2.25. The van der Waals surface area contributed by atoms with Crippen LogP contribution in [0.25, 0.3) is 0 Å². The van der Waals surface area contributed by atoms with E-state index in [2.05, 4.69) is 0 Å². The number of nitro groups is 1. The van der Waals surface area contributed by atoms with E-state index < -0.39 is 14.9 Å². The Morgan fingerprint density at radius 2 is 2.11 bits per heavy atom. The number of sulfonamides is 1. The van der Waals surface area contributed by atoms with E-state index in [1.54, 1.807) is 6.92 Å². The highest BCUT2D eigenvalue weighted by Crippen LogP contribution is 2.25. The first-order valence-corrected chi connectivity index (χ1v) is 7.27. The molecule has 1 fully saturated rings. The van der Waals surface area contributed by atoms with Gasteiger partial charge in [0.1, 0.15) is 0 Å². The average Bonchev–Trinajstić information content (AvgIpc) is 2.39. The van der Waals surface area contributed by atoms with Gasteiger partial charge < -0.3 is 0 Å². The van der Waals surface area contributed by atoms with Crippen LogP contribution in [0.3, 0.4) is 0 Å². The van der Waals surface area contributed by atoms with E-state index in [1.165, 1.54) is 12.1 Å². The van der Waals surface area contributed by atoms with Crippen LogP contribution in [-0.2, 0) is 14.9 Å². The van der Waals surface area contributed by atoms with Crippen LogP contribution < -0.4 is 0 Å². The van der Waals surface area contributed by atoms with Crippen LogP contribution in [0.15, 0.2) is 23.1 Å². The van der Waals surface area contributed by atoms with Crippen LogP contribution in [0.2, 0.25) is 0 Å². The smallest absolute Gasteiger partial charge is 0.273 e. The van der Waals surface area contributed by atoms with Gasteiger partial charge in [-0.25, -0.2) is 8.42 Å². The van der Waals surface area contributed by atoms with E-state index in [-0.39, 0.29) is 17.1 Å². The Hall–Kier alpha value is -1.51. The second-order valence-electron chi connectivity index (χ2n) is 4.28. The van der Waals surface area contributed by atoms with Crippen molar-refractivity contribution >= 4 is 15.7 Å². The van der Waals surface area contributed by atoms with Crippen molar-refractivity contribution in [2.75, 3.05) is 13.2 Å². The molecule has 1 heterocycles. The van der Waals surface area contributed by atoms with E-state index in [4.69, 9.17) is 4.84 Å². The van der Waals surface area contributed by atoms with Gasteiger partial charge in [0.25, 0.3) is 15.7 Å². The van der Waals surface area contributed by atoms with E-state index >= 15 is 0 Å². The molecule has 2 rings (SSSR count). The number of hydrogen-bond donors (Lipinski definition) is 0. The van der Waals surface area contributed by atoms with Crippen molar-refractivity contribution in [3.63, 3.8) is 0 Å². The van der Waals surface area contributed by atoms with Crippen molar-refractivity contribution < 1.29 is 18.2 Å². The zero-order valence-electron chi connectivity index (χ0n) is 10.4. The molecule has 104 valence electrons. The van der Waals surface area contributed by atoms with Gasteiger partial charge in [0.2, 0.25) is 0 Å². The van der Waals surface area contributed by atoms with E-state index in [0.717, 1.165) is 17.0 Å². The van der Waals surface area contributed by atoms with Gasteiger partial charge in [-0.1, -0.05) is 10.5 Å². The van der Waals surface area contributed by atoms with Crippen LogP contribution in [0.5, 0.6) is 0 Å². The SMILES string of the molecule is Cc1ccc(S(=O)(=O)N2CCCCO2)cc1[N+](=O)[O-]. The zero-order valence-corrected chi connectivity index (χ0v) is 11.2. The molecule has 0 aliphatic carbocycles. The number of aryl methyl sites for hydroxylation is 1. The monoisotopic (exact) mass is 286 g/mol. The lowest BCUT2D eigenvalue weighted by Crippen LogP contribution is -2.35. The molecule has 1 aromatic rings. The quantitative estimate of drug-likeness (QED) is 0.622. The maximum Gasteiger partial charge on any atom is 0.273 e. The summed E-state index contributed by atoms with van der Waals surface area (Å²) in [5.41, 5.74) is 0.210. The molecule has 0 spiro atoms. The van der Waals surface area contributed by atoms with Gasteiger partial charge in [0, 0.05) is 18.2 Å². The zero-order chi connectivity index (χ0) is 14.0. The van der Waals surface area contributed by atoms with Crippen molar-refractivity contribution in [1.82, 2.24) is 4.47 Å². The van der Waals surface area contributed by atoms with Gasteiger partial charge in [-0.3, -0.25) is 15.0 Å². The maximum absolute atomic E-state index is 12.3. The molecule has 0 N–H and O–H groups in total. The molecule has 1 aliphatic rings. The molecule has 1 saturated heterocycles. The Morgan fingerprint density at radius 3 is 2.68 bits per heavy atom. The Kier molecular flexibility index (Phi) is 3.83. The molecule has 0 aromatic heterocycles. The fourth-order valence-electron chi connectivity index (χ4n) is 1.83. The van der Waals surface area contributed by atoms with Crippen LogP contribution in [-0.4, -0.2) is 31.0 Å². The summed E-state index contributed by atoms with van der Waals surface area (Å²) in [6.07, 6.45) is 1.52. The standard InChI is InChI=1S/C11H14N2O5S/c1-9-4-5-10(8-11(9)13(14)15)19(16,17)12-6-2-3-7-18-12/h4-5,8H,2-3,6-7H2,1H3. The molecule has 7 nitrogen and oxygen atoms in total. The van der Waals surface area contributed by atoms with Gasteiger partial charge in [0.05, 0.1) is 16.4 Å². The van der Waals surface area contributed by atoms with Crippen LogP contribution in [0.4, 0.5) is 5.69 Å². The largest absolute Gasteiger partial charge is 0.284 e. The summed E-state index contributed by atoms with van der Waals surface area (Å²) in [6, 6.07) is 3.85. The molecule has 0 saturated carbocycles. The first-order chi connectivity index (χ1) is 8.93. The first kappa shape index (κ1) is 13.9. The molecule has 0 radical (unpaired) electrons. The van der Waals surface area contributed by atoms with E-state index in [1.807, 2.05) is 0 Å². The minimum absolute atomic E-state index is 0.119. The average molecular weight is 286 g/mol. The highest BCUT2D eigenvalue weighted by atomic mass is 32.2. The third kappa shape index (κ3) is 2.75. The van der Waals surface area contributed by atoms with Crippen molar-refractivity contribution in [3.8, 4) is 0 Å². The van der Waals surface area contributed by atoms with Crippen molar-refractivity contribution in [3.05, 3.63) is 33.9 Å². The highest BCUT2D eigenvalue weighted by Gasteiger charge is 2.29. The molecule has 0 bridgehead atoms. The number of rotatable bonds is 3. The minimum Gasteiger partial charge on any atom is -0.284 e. The normalized spacial score (nSPS) is 17.3. The first-order valence-electron chi connectivity index (χ1n) is 5.83. The Balaban J connectivity index is 2.40. The number of nitro benzene ring substituents is 1. The van der Waals surface area contributed by atoms with Crippen molar-refractivity contribution in [2.24, 2.45) is 0 Å². The topological polar surface area (TPSA) is 89.8 Å². The Labute approximate surface area is 110 Å². The minimum atomic E-state index is -3.83. The highest BCUT2D eigenvalue weighted by molar-refractivity contribution is 7.89. The lowest BCUT2D eigenvalue weighted by atomic mass is 10.2. The summed E-state index contributed by atoms with van der Waals surface area (Å²) in [7, 11) is -3.83. The molecular formula is C11H14N2O5S. The number of nitrogens with zero attached hydrogens (tertiary/aromatic N) is 2. The van der Waals surface area contributed by atoms with Crippen LogP contribution >= 0.6 is 0 Å². The Morgan fingerprint density at radius 1 is 1.37 bits per heavy atom. The number of benzene rings is 1. The van der Waals surface area contributed by atoms with Crippen molar-refractivity contribution in [2.45, 2.75) is 24.7 Å². The maximum atomic E-state index is 12.3. The fraction of sp³-hybridized carbons (Fsp3) is 0.455. The van der Waals surface area contributed by atoms with Crippen molar-refractivity contribution in [1.29, 1.82) is 0 Å². The third-order valence-corrected chi connectivity index (χ3v) is 4.59. The van der Waals surface area contributed by atoms with Crippen LogP contribution in [0.1, 0.15) is 18.4 Å². The summed E-state index contributed by atoms with van der Waals surface area (Å²) in [5.74, 6) is 0. The molecule has 1 aromatic carbocycles. The van der Waals surface area contributed by atoms with Gasteiger partial charge in [-0.05, 0) is 25.8 Å². The second-order valence-corrected chi connectivity index (χ2v) is 6.11. The fourth-order valence-corrected chi connectivity index (χ4v) is 3.15. The molecule has 1 aliphatic heterocycles. The molecule has 0 atom stereocenters. The molecule has 0 unspecified atom stereocenters. The van der Waals surface area contributed by atoms with Gasteiger partial charge in [-0.2, -0.15) is 0 Å². The van der Waals surface area contributed by atoms with Gasteiger partial charge in [0.15, 0.2) is 0 Å². The van der Waals surface area contributed by atoms with Gasteiger partial charge in [-0.15, -0.1) is 0 Å². The van der Waals surface area contributed by atoms with E-state index in [9.17, 15) is 18.5 Å². The summed E-state index contributed by atoms with van der Waals surface area (Å²) in [5, 5.41) is 10.8. The lowest BCUT2D eigenvalue weighted by molar-refractivity contribution is -0.385. The summed E-state index contributed by atoms with van der Waals surface area (Å²) >= 11 is 0. The number of hydrogen-bond acceptors (Lipinski definition) is 5. The summed E-state index contributed by atoms with van der Waals surface area (Å²) in [4.78, 5) is 15.2. The van der Waals surface area contributed by atoms with Gasteiger partial charge >= 0.3 is 0 Å². The number of hydroxylamine groups is 1. The van der Waals surface area contributed by atoms with E-state index in [0.29, 0.717) is 18.6 Å². The molecule has 8 heteroatoms. The predicted molar refractivity (Wildman–Crippen MR) is 66.9 cm³/mol. The van der Waals surface area contributed by atoms with Crippen LogP contribution in [0, 0.1) is 17.0 Å². The summed E-state index contributed by atoms with van der Waals surface area (Å²) in [6.45, 7) is 2.17. The molecular weight excluding hydrogens is 272 g/mol. The summed E-state index contributed by atoms with van der Waals surface area (Å²) < 4.78 is 25.4. The predicted octanol–water partition coefficient (Wildman–Crippen LogP) is 1.62. The molecule has 0 amide bonds. The Bertz CT molecular complexity index is 593. The second kappa shape index (κ2) is 5.24. The third-order valence-electron chi connectivity index (χ3n) is 2.91. The molecule has 19 heavy (non-hydrogen) atoms.